The minimum absolute atomic E-state index is 0.0529. The lowest BCUT2D eigenvalue weighted by atomic mass is 10.2. The molecule has 6 heteroatoms. The molecule has 0 radical (unpaired) electrons. The number of amides is 1. The highest BCUT2D eigenvalue weighted by molar-refractivity contribution is 5.92. The van der Waals surface area contributed by atoms with Gasteiger partial charge in [-0.05, 0) is 31.5 Å². The van der Waals surface area contributed by atoms with Crippen molar-refractivity contribution in [3.63, 3.8) is 0 Å². The van der Waals surface area contributed by atoms with Crippen molar-refractivity contribution in [3.8, 4) is 5.75 Å². The van der Waals surface area contributed by atoms with Gasteiger partial charge < -0.3 is 15.8 Å². The van der Waals surface area contributed by atoms with Gasteiger partial charge in [-0.2, -0.15) is 5.10 Å². The number of nitrogens with zero attached hydrogens (tertiary/aromatic N) is 2. The van der Waals surface area contributed by atoms with E-state index in [0.29, 0.717) is 23.5 Å². The third-order valence-electron chi connectivity index (χ3n) is 3.20. The topological polar surface area (TPSA) is 82.2 Å². The molecule has 0 fully saturated rings. The minimum Gasteiger partial charge on any atom is -0.494 e. The maximum atomic E-state index is 12.0. The smallest absolute Gasteiger partial charge is 0.224 e. The normalized spacial score (nSPS) is 10.4. The summed E-state index contributed by atoms with van der Waals surface area (Å²) in [6.07, 6.45) is 2.91. The van der Waals surface area contributed by atoms with Crippen molar-refractivity contribution in [2.75, 3.05) is 18.2 Å². The number of carbonyl (C=O) groups excluding carboxylic acids is 1. The summed E-state index contributed by atoms with van der Waals surface area (Å²) < 4.78 is 7.08. The minimum atomic E-state index is -0.0529. The van der Waals surface area contributed by atoms with Crippen molar-refractivity contribution in [2.45, 2.75) is 26.3 Å². The van der Waals surface area contributed by atoms with E-state index in [9.17, 15) is 4.79 Å². The summed E-state index contributed by atoms with van der Waals surface area (Å²) in [6.45, 7) is 2.72. The monoisotopic (exact) mass is 288 g/mol. The van der Waals surface area contributed by atoms with Crippen LogP contribution in [0.4, 0.5) is 11.4 Å². The van der Waals surface area contributed by atoms with Gasteiger partial charge in [0.05, 0.1) is 12.8 Å². The van der Waals surface area contributed by atoms with Gasteiger partial charge in [0, 0.05) is 36.6 Å². The van der Waals surface area contributed by atoms with Crippen molar-refractivity contribution in [1.29, 1.82) is 0 Å². The SMILES string of the molecule is COc1cc(N)ccc1NC(=O)CCCn1nccc1C. The molecule has 1 amide bonds. The number of carbonyl (C=O) groups is 1. The van der Waals surface area contributed by atoms with Crippen LogP contribution in [0.1, 0.15) is 18.5 Å². The van der Waals surface area contributed by atoms with Crippen LogP contribution < -0.4 is 15.8 Å². The molecule has 0 unspecified atom stereocenters. The predicted octanol–water partition coefficient (Wildman–Crippen LogP) is 2.20. The molecule has 0 atom stereocenters. The number of methoxy groups -OCH3 is 1. The second kappa shape index (κ2) is 6.78. The summed E-state index contributed by atoms with van der Waals surface area (Å²) in [4.78, 5) is 12.0. The van der Waals surface area contributed by atoms with Gasteiger partial charge in [0.25, 0.3) is 0 Å². The standard InChI is InChI=1S/C15H20N4O2/c1-11-7-8-17-19(11)9-3-4-15(20)18-13-6-5-12(16)10-14(13)21-2/h5-8,10H,3-4,9,16H2,1-2H3,(H,18,20). The van der Waals surface area contributed by atoms with Crippen LogP contribution in [0.2, 0.25) is 0 Å². The Labute approximate surface area is 123 Å². The zero-order chi connectivity index (χ0) is 15.2. The van der Waals surface area contributed by atoms with Gasteiger partial charge in [-0.1, -0.05) is 0 Å². The highest BCUT2D eigenvalue weighted by Gasteiger charge is 2.08. The van der Waals surface area contributed by atoms with E-state index in [0.717, 1.165) is 18.7 Å². The summed E-state index contributed by atoms with van der Waals surface area (Å²) in [6, 6.07) is 7.09. The van der Waals surface area contributed by atoms with Crippen molar-refractivity contribution in [2.24, 2.45) is 0 Å². The molecule has 1 aromatic heterocycles. The molecule has 2 rings (SSSR count). The van der Waals surface area contributed by atoms with E-state index in [1.807, 2.05) is 17.7 Å². The molecule has 2 aromatic rings. The lowest BCUT2D eigenvalue weighted by molar-refractivity contribution is -0.116. The van der Waals surface area contributed by atoms with Gasteiger partial charge in [0.15, 0.2) is 0 Å². The highest BCUT2D eigenvalue weighted by atomic mass is 16.5. The predicted molar refractivity (Wildman–Crippen MR) is 82.2 cm³/mol. The molecule has 21 heavy (non-hydrogen) atoms. The molecule has 1 aromatic carbocycles. The number of nitrogens with one attached hydrogen (secondary N) is 1. The average Bonchev–Trinajstić information content (AvgIpc) is 2.86. The molecule has 0 saturated heterocycles. The fourth-order valence-corrected chi connectivity index (χ4v) is 2.05. The Morgan fingerprint density at radius 1 is 1.43 bits per heavy atom. The lowest BCUT2D eigenvalue weighted by Gasteiger charge is -2.11. The van der Waals surface area contributed by atoms with Crippen LogP contribution in [0, 0.1) is 6.92 Å². The van der Waals surface area contributed by atoms with Crippen LogP contribution >= 0.6 is 0 Å². The number of nitrogen functional groups attached to an aromatic ring is 1. The average molecular weight is 288 g/mol. The zero-order valence-electron chi connectivity index (χ0n) is 12.3. The first-order chi connectivity index (χ1) is 10.1. The Kier molecular flexibility index (Phi) is 4.81. The third kappa shape index (κ3) is 3.98. The number of nitrogens with two attached hydrogens (primary N) is 1. The molecular formula is C15H20N4O2. The molecule has 1 heterocycles. The van der Waals surface area contributed by atoms with Crippen LogP contribution in [0.25, 0.3) is 0 Å². The zero-order valence-corrected chi connectivity index (χ0v) is 12.3. The maximum Gasteiger partial charge on any atom is 0.224 e. The van der Waals surface area contributed by atoms with Crippen molar-refractivity contribution >= 4 is 17.3 Å². The van der Waals surface area contributed by atoms with Crippen LogP contribution in [0.15, 0.2) is 30.5 Å². The van der Waals surface area contributed by atoms with E-state index in [1.54, 1.807) is 31.5 Å². The Morgan fingerprint density at radius 3 is 2.90 bits per heavy atom. The molecule has 112 valence electrons. The molecule has 3 N–H and O–H groups in total. The molecule has 0 saturated carbocycles. The van der Waals surface area contributed by atoms with Crippen LogP contribution in [0.3, 0.4) is 0 Å². The van der Waals surface area contributed by atoms with Crippen LogP contribution in [-0.2, 0) is 11.3 Å². The fraction of sp³-hybridized carbons (Fsp3) is 0.333. The molecule has 0 aliphatic carbocycles. The largest absolute Gasteiger partial charge is 0.494 e. The molecule has 0 aliphatic heterocycles. The summed E-state index contributed by atoms with van der Waals surface area (Å²) in [7, 11) is 1.55. The van der Waals surface area contributed by atoms with Gasteiger partial charge in [-0.3, -0.25) is 9.48 Å². The molecule has 0 spiro atoms. The van der Waals surface area contributed by atoms with Gasteiger partial charge in [0.1, 0.15) is 5.75 Å². The number of anilines is 2. The maximum absolute atomic E-state index is 12.0. The lowest BCUT2D eigenvalue weighted by Crippen LogP contribution is -2.13. The first-order valence-corrected chi connectivity index (χ1v) is 6.82. The third-order valence-corrected chi connectivity index (χ3v) is 3.20. The second-order valence-electron chi connectivity index (χ2n) is 4.81. The van der Waals surface area contributed by atoms with E-state index < -0.39 is 0 Å². The number of aryl methyl sites for hydroxylation is 2. The first-order valence-electron chi connectivity index (χ1n) is 6.82. The molecule has 0 bridgehead atoms. The number of hydrogen-bond acceptors (Lipinski definition) is 4. The molecule has 0 aliphatic rings. The summed E-state index contributed by atoms with van der Waals surface area (Å²) in [5, 5.41) is 7.02. The summed E-state index contributed by atoms with van der Waals surface area (Å²) in [5.41, 5.74) is 8.00. The van der Waals surface area contributed by atoms with E-state index in [4.69, 9.17) is 10.5 Å². The number of ether oxygens (including phenoxy) is 1. The first kappa shape index (κ1) is 14.9. The Morgan fingerprint density at radius 2 is 2.24 bits per heavy atom. The van der Waals surface area contributed by atoms with Gasteiger partial charge in [0.2, 0.25) is 5.91 Å². The van der Waals surface area contributed by atoms with Gasteiger partial charge in [-0.25, -0.2) is 0 Å². The molecule has 6 nitrogen and oxygen atoms in total. The number of hydrogen-bond donors (Lipinski definition) is 2. The van der Waals surface area contributed by atoms with Crippen LogP contribution in [-0.4, -0.2) is 22.8 Å². The summed E-state index contributed by atoms with van der Waals surface area (Å²) in [5.74, 6) is 0.508. The Hall–Kier alpha value is -2.50. The van der Waals surface area contributed by atoms with Crippen LogP contribution in [0.5, 0.6) is 5.75 Å². The van der Waals surface area contributed by atoms with E-state index in [-0.39, 0.29) is 5.91 Å². The Balaban J connectivity index is 1.86. The van der Waals surface area contributed by atoms with E-state index in [1.165, 1.54) is 0 Å². The number of aromatic nitrogens is 2. The fourth-order valence-electron chi connectivity index (χ4n) is 2.05. The van der Waals surface area contributed by atoms with Gasteiger partial charge >= 0.3 is 0 Å². The van der Waals surface area contributed by atoms with Crippen molar-refractivity contribution in [3.05, 3.63) is 36.2 Å². The number of benzene rings is 1. The van der Waals surface area contributed by atoms with Gasteiger partial charge in [-0.15, -0.1) is 0 Å². The second-order valence-corrected chi connectivity index (χ2v) is 4.81. The molecular weight excluding hydrogens is 268 g/mol. The van der Waals surface area contributed by atoms with E-state index in [2.05, 4.69) is 10.4 Å². The quantitative estimate of drug-likeness (QED) is 0.798. The summed E-state index contributed by atoms with van der Waals surface area (Å²) >= 11 is 0. The van der Waals surface area contributed by atoms with Crippen molar-refractivity contribution < 1.29 is 9.53 Å². The number of rotatable bonds is 6. The highest BCUT2D eigenvalue weighted by Crippen LogP contribution is 2.26. The van der Waals surface area contributed by atoms with E-state index >= 15 is 0 Å². The van der Waals surface area contributed by atoms with Crippen molar-refractivity contribution in [1.82, 2.24) is 9.78 Å². The Bertz CT molecular complexity index is 622.